The highest BCUT2D eigenvalue weighted by atomic mass is 16.3. The fraction of sp³-hybridized carbons (Fsp3) is 0.421. The van der Waals surface area contributed by atoms with Gasteiger partial charge < -0.3 is 27.4 Å². The summed E-state index contributed by atoms with van der Waals surface area (Å²) in [5.74, 6) is 1.61. The number of aromatic hydroxyl groups is 2. The number of nitrogens with zero attached hydrogens (tertiary/aromatic N) is 6. The number of para-hydroxylation sites is 2. The number of phenols is 2. The van der Waals surface area contributed by atoms with Gasteiger partial charge in [-0.05, 0) is 56.4 Å². The maximum atomic E-state index is 10.1. The molecule has 2 fully saturated rings. The van der Waals surface area contributed by atoms with E-state index < -0.39 is 0 Å². The Balaban J connectivity index is 0.000000210. The Bertz CT molecular complexity index is 1790. The summed E-state index contributed by atoms with van der Waals surface area (Å²) < 4.78 is 0. The van der Waals surface area contributed by atoms with E-state index in [0.717, 1.165) is 63.5 Å². The van der Waals surface area contributed by atoms with Gasteiger partial charge >= 0.3 is 0 Å². The molecule has 8 N–H and O–H groups in total. The minimum atomic E-state index is 0.0881. The standard InChI is InChI=1S/C18H21N5O.C18H20N4O.C2H6/c19-10-14-16(11-5-1-2-6-12(20)9-11)22-18(23-17(14)21)13-7-3-4-8-15(13)24;19-11-14-16(12-7-3-1-2-4-8-12)21-18(22-17(14)20)13-9-5-6-10-15(13)23;1-2/h3-4,7-8,11-12,24H,1-2,5-6,9,20H2,(H2,21,22,23);5-6,9-10,12,23H,1-4,7-8H2,(H2,20,21,22);1-2H3. The van der Waals surface area contributed by atoms with E-state index in [0.29, 0.717) is 39.6 Å². The number of nitrogen functional groups attached to an aromatic ring is 2. The molecular formula is C38H47N9O2. The summed E-state index contributed by atoms with van der Waals surface area (Å²) in [6, 6.07) is 18.2. The lowest BCUT2D eigenvalue weighted by Gasteiger charge is -2.19. The second kappa shape index (κ2) is 17.8. The summed E-state index contributed by atoms with van der Waals surface area (Å²) in [6.45, 7) is 4.00. The fourth-order valence-corrected chi connectivity index (χ4v) is 6.58. The van der Waals surface area contributed by atoms with Crippen molar-refractivity contribution in [1.82, 2.24) is 19.9 Å². The van der Waals surface area contributed by atoms with Crippen LogP contribution in [0.2, 0.25) is 0 Å². The molecule has 11 nitrogen and oxygen atoms in total. The number of phenolic OH excluding ortho intramolecular Hbond substituents is 2. The van der Waals surface area contributed by atoms with Crippen molar-refractivity contribution in [3.8, 4) is 46.4 Å². The van der Waals surface area contributed by atoms with Gasteiger partial charge in [-0.25, -0.2) is 19.9 Å². The number of anilines is 2. The van der Waals surface area contributed by atoms with E-state index in [9.17, 15) is 20.7 Å². The molecule has 2 aromatic carbocycles. The first kappa shape index (κ1) is 36.6. The Kier molecular flexibility index (Phi) is 13.3. The molecule has 2 saturated carbocycles. The lowest BCUT2D eigenvalue weighted by molar-refractivity contribution is 0.476. The molecular weight excluding hydrogens is 614 g/mol. The molecule has 0 spiro atoms. The van der Waals surface area contributed by atoms with Crippen molar-refractivity contribution in [3.63, 3.8) is 0 Å². The Morgan fingerprint density at radius 2 is 1.02 bits per heavy atom. The van der Waals surface area contributed by atoms with Gasteiger partial charge in [0.2, 0.25) is 0 Å². The van der Waals surface area contributed by atoms with E-state index in [1.807, 2.05) is 19.9 Å². The molecule has 11 heteroatoms. The van der Waals surface area contributed by atoms with Crippen LogP contribution in [0.25, 0.3) is 22.8 Å². The quantitative estimate of drug-likeness (QED) is 0.135. The molecule has 2 aliphatic carbocycles. The third-order valence-corrected chi connectivity index (χ3v) is 9.04. The molecule has 2 unspecified atom stereocenters. The molecule has 6 rings (SSSR count). The average Bonchev–Trinajstić information content (AvgIpc) is 3.52. The van der Waals surface area contributed by atoms with Gasteiger partial charge in [-0.2, -0.15) is 10.5 Å². The van der Waals surface area contributed by atoms with Crippen LogP contribution in [0.5, 0.6) is 11.5 Å². The summed E-state index contributed by atoms with van der Waals surface area (Å²) >= 11 is 0. The van der Waals surface area contributed by atoms with E-state index in [2.05, 4.69) is 32.1 Å². The van der Waals surface area contributed by atoms with Crippen molar-refractivity contribution >= 4 is 11.6 Å². The number of hydrogen-bond acceptors (Lipinski definition) is 11. The minimum Gasteiger partial charge on any atom is -0.507 e. The third-order valence-electron chi connectivity index (χ3n) is 9.04. The molecule has 0 aliphatic heterocycles. The van der Waals surface area contributed by atoms with E-state index in [-0.39, 0.29) is 41.0 Å². The maximum Gasteiger partial charge on any atom is 0.165 e. The van der Waals surface area contributed by atoms with Crippen LogP contribution in [0.4, 0.5) is 11.6 Å². The van der Waals surface area contributed by atoms with Gasteiger partial charge in [0.05, 0.1) is 22.5 Å². The minimum absolute atomic E-state index is 0.0881. The number of hydrogen-bond donors (Lipinski definition) is 5. The predicted molar refractivity (Wildman–Crippen MR) is 192 cm³/mol. The zero-order chi connectivity index (χ0) is 35.3. The topological polar surface area (TPSA) is 218 Å². The van der Waals surface area contributed by atoms with Gasteiger partial charge in [-0.1, -0.05) is 76.6 Å². The van der Waals surface area contributed by atoms with Crippen molar-refractivity contribution in [1.29, 1.82) is 10.5 Å². The van der Waals surface area contributed by atoms with E-state index in [1.165, 1.54) is 12.8 Å². The summed E-state index contributed by atoms with van der Waals surface area (Å²) in [4.78, 5) is 17.7. The van der Waals surface area contributed by atoms with Gasteiger partial charge in [0, 0.05) is 17.9 Å². The second-order valence-electron chi connectivity index (χ2n) is 12.3. The molecule has 2 heterocycles. The molecule has 2 aromatic heterocycles. The molecule has 0 radical (unpaired) electrons. The number of aromatic nitrogens is 4. The number of nitriles is 2. The van der Waals surface area contributed by atoms with Crippen molar-refractivity contribution in [2.75, 3.05) is 11.5 Å². The van der Waals surface area contributed by atoms with Crippen LogP contribution in [-0.2, 0) is 0 Å². The number of benzene rings is 2. The van der Waals surface area contributed by atoms with Crippen LogP contribution < -0.4 is 17.2 Å². The number of nitrogens with two attached hydrogens (primary N) is 3. The fourth-order valence-electron chi connectivity index (χ4n) is 6.58. The summed E-state index contributed by atoms with van der Waals surface area (Å²) in [7, 11) is 0. The van der Waals surface area contributed by atoms with Crippen LogP contribution in [0.3, 0.4) is 0 Å². The molecule has 0 amide bonds. The lowest BCUT2D eigenvalue weighted by atomic mass is 9.91. The van der Waals surface area contributed by atoms with Crippen LogP contribution >= 0.6 is 0 Å². The molecule has 0 bridgehead atoms. The van der Waals surface area contributed by atoms with Gasteiger partial charge in [0.15, 0.2) is 11.6 Å². The molecule has 0 saturated heterocycles. The monoisotopic (exact) mass is 661 g/mol. The summed E-state index contributed by atoms with van der Waals surface area (Å²) in [6.07, 6.45) is 11.6. The van der Waals surface area contributed by atoms with E-state index in [1.54, 1.807) is 42.5 Å². The average molecular weight is 662 g/mol. The predicted octanol–water partition coefficient (Wildman–Crippen LogP) is 7.45. The van der Waals surface area contributed by atoms with Gasteiger partial charge in [-0.15, -0.1) is 0 Å². The second-order valence-corrected chi connectivity index (χ2v) is 12.3. The summed E-state index contributed by atoms with van der Waals surface area (Å²) in [5, 5.41) is 39.1. The van der Waals surface area contributed by atoms with Crippen LogP contribution in [0.1, 0.15) is 119 Å². The van der Waals surface area contributed by atoms with Gasteiger partial charge in [0.25, 0.3) is 0 Å². The Morgan fingerprint density at radius 3 is 1.49 bits per heavy atom. The molecule has 49 heavy (non-hydrogen) atoms. The normalized spacial score (nSPS) is 17.8. The Hall–Kier alpha value is -5.26. The van der Waals surface area contributed by atoms with Crippen LogP contribution in [-0.4, -0.2) is 36.2 Å². The Morgan fingerprint density at radius 1 is 0.612 bits per heavy atom. The van der Waals surface area contributed by atoms with Crippen LogP contribution in [0, 0.1) is 22.7 Å². The molecule has 4 aromatic rings. The number of rotatable bonds is 4. The highest BCUT2D eigenvalue weighted by Gasteiger charge is 2.26. The Labute approximate surface area is 288 Å². The highest BCUT2D eigenvalue weighted by molar-refractivity contribution is 5.68. The van der Waals surface area contributed by atoms with E-state index >= 15 is 0 Å². The van der Waals surface area contributed by atoms with Gasteiger partial charge in [-0.3, -0.25) is 0 Å². The smallest absolute Gasteiger partial charge is 0.165 e. The van der Waals surface area contributed by atoms with Crippen molar-refractivity contribution < 1.29 is 10.2 Å². The van der Waals surface area contributed by atoms with Crippen molar-refractivity contribution in [2.45, 2.75) is 102 Å². The first-order chi connectivity index (χ1) is 23.8. The van der Waals surface area contributed by atoms with Crippen molar-refractivity contribution in [2.24, 2.45) is 5.73 Å². The first-order valence-electron chi connectivity index (χ1n) is 17.3. The third kappa shape index (κ3) is 9.01. The first-order valence-corrected chi connectivity index (χ1v) is 17.3. The SMILES string of the molecule is CC.N#Cc1c(N)nc(-c2ccccc2O)nc1C1CCCCC(N)C1.N#Cc1c(N)nc(-c2ccccc2O)nc1C1CCCCCC1. The van der Waals surface area contributed by atoms with Crippen molar-refractivity contribution in [3.05, 3.63) is 71.0 Å². The molecule has 2 atom stereocenters. The van der Waals surface area contributed by atoms with Gasteiger partial charge in [0.1, 0.15) is 46.4 Å². The largest absolute Gasteiger partial charge is 0.507 e. The van der Waals surface area contributed by atoms with Crippen LogP contribution in [0.15, 0.2) is 48.5 Å². The maximum absolute atomic E-state index is 10.1. The molecule has 256 valence electrons. The van der Waals surface area contributed by atoms with E-state index in [4.69, 9.17) is 17.2 Å². The summed E-state index contributed by atoms with van der Waals surface area (Å²) in [5.41, 5.74) is 21.3. The lowest BCUT2D eigenvalue weighted by Crippen LogP contribution is -2.22. The zero-order valence-corrected chi connectivity index (χ0v) is 28.4. The highest BCUT2D eigenvalue weighted by Crippen LogP contribution is 2.37. The zero-order valence-electron chi connectivity index (χ0n) is 28.4. The molecule has 2 aliphatic rings.